The smallest absolute Gasteiger partial charge is 0.338 e. The molecule has 0 radical (unpaired) electrons. The highest BCUT2D eigenvalue weighted by Crippen LogP contribution is 2.30. The molecule has 0 unspecified atom stereocenters. The van der Waals surface area contributed by atoms with Crippen LogP contribution >= 0.6 is 0 Å². The average Bonchev–Trinajstić information content (AvgIpc) is 3.04. The van der Waals surface area contributed by atoms with E-state index in [4.69, 9.17) is 9.47 Å². The van der Waals surface area contributed by atoms with Crippen LogP contribution in [0.15, 0.2) is 42.5 Å². The second kappa shape index (κ2) is 9.48. The molecule has 1 heterocycles. The molecule has 6 nitrogen and oxygen atoms in total. The van der Waals surface area contributed by atoms with Gasteiger partial charge >= 0.3 is 5.97 Å². The minimum atomic E-state index is -0.359. The molecule has 0 bridgehead atoms. The summed E-state index contributed by atoms with van der Waals surface area (Å²) in [6.07, 6.45) is 0.775. The SMILES string of the molecule is CCCOC(=O)c1ccc(NC(=O)c2c(C)c3cc(OCC)ccc3n2CC)cc1. The molecule has 0 atom stereocenters. The van der Waals surface area contributed by atoms with Crippen LogP contribution in [-0.2, 0) is 11.3 Å². The molecule has 0 fully saturated rings. The number of fused-ring (bicyclic) bond motifs is 1. The molecule has 30 heavy (non-hydrogen) atoms. The maximum absolute atomic E-state index is 13.1. The fraction of sp³-hybridized carbons (Fsp3) is 0.333. The summed E-state index contributed by atoms with van der Waals surface area (Å²) in [5, 5.41) is 3.94. The lowest BCUT2D eigenvalue weighted by atomic mass is 10.1. The van der Waals surface area contributed by atoms with E-state index in [0.29, 0.717) is 36.7 Å². The van der Waals surface area contributed by atoms with Gasteiger partial charge in [-0.3, -0.25) is 4.79 Å². The summed E-state index contributed by atoms with van der Waals surface area (Å²) in [4.78, 5) is 25.0. The number of aromatic nitrogens is 1. The third kappa shape index (κ3) is 4.32. The Morgan fingerprint density at radius 2 is 1.77 bits per heavy atom. The maximum atomic E-state index is 13.1. The van der Waals surface area contributed by atoms with Crippen molar-refractivity contribution in [2.45, 2.75) is 40.7 Å². The van der Waals surface area contributed by atoms with Crippen LogP contribution in [0.2, 0.25) is 0 Å². The summed E-state index contributed by atoms with van der Waals surface area (Å²) in [5.74, 6) is 0.241. The van der Waals surface area contributed by atoms with Crippen LogP contribution < -0.4 is 10.1 Å². The lowest BCUT2D eigenvalue weighted by Crippen LogP contribution is -2.18. The van der Waals surface area contributed by atoms with Crippen LogP contribution in [0.1, 0.15) is 53.6 Å². The molecule has 0 aliphatic heterocycles. The predicted molar refractivity (Wildman–Crippen MR) is 118 cm³/mol. The van der Waals surface area contributed by atoms with Gasteiger partial charge in [0.25, 0.3) is 5.91 Å². The van der Waals surface area contributed by atoms with E-state index in [0.717, 1.165) is 28.6 Å². The van der Waals surface area contributed by atoms with Gasteiger partial charge in [-0.1, -0.05) is 6.92 Å². The quantitative estimate of drug-likeness (QED) is 0.521. The van der Waals surface area contributed by atoms with E-state index in [1.807, 2.05) is 50.5 Å². The third-order valence-corrected chi connectivity index (χ3v) is 4.95. The lowest BCUT2D eigenvalue weighted by molar-refractivity contribution is 0.0505. The van der Waals surface area contributed by atoms with Crippen molar-refractivity contribution in [3.05, 3.63) is 59.3 Å². The van der Waals surface area contributed by atoms with Crippen molar-refractivity contribution >= 4 is 28.5 Å². The minimum Gasteiger partial charge on any atom is -0.494 e. The highest BCUT2D eigenvalue weighted by molar-refractivity contribution is 6.08. The first kappa shape index (κ1) is 21.4. The van der Waals surface area contributed by atoms with Gasteiger partial charge in [0.15, 0.2) is 0 Å². The van der Waals surface area contributed by atoms with Gasteiger partial charge in [0.05, 0.1) is 18.8 Å². The Morgan fingerprint density at radius 3 is 2.40 bits per heavy atom. The van der Waals surface area contributed by atoms with Gasteiger partial charge in [0, 0.05) is 23.1 Å². The number of amides is 1. The number of nitrogens with zero attached hydrogens (tertiary/aromatic N) is 1. The number of ether oxygens (including phenoxy) is 2. The molecule has 0 aliphatic carbocycles. The van der Waals surface area contributed by atoms with Crippen LogP contribution in [0.5, 0.6) is 5.75 Å². The number of rotatable bonds is 8. The number of anilines is 1. The van der Waals surface area contributed by atoms with E-state index in [-0.39, 0.29) is 11.9 Å². The summed E-state index contributed by atoms with van der Waals surface area (Å²) in [7, 11) is 0. The topological polar surface area (TPSA) is 69.6 Å². The first-order chi connectivity index (χ1) is 14.5. The summed E-state index contributed by atoms with van der Waals surface area (Å²) in [5.41, 5.74) is 3.61. The number of esters is 1. The Bertz CT molecular complexity index is 1050. The molecule has 0 aliphatic rings. The number of carbonyl (C=O) groups is 2. The zero-order valence-corrected chi connectivity index (χ0v) is 18.0. The third-order valence-electron chi connectivity index (χ3n) is 4.95. The Labute approximate surface area is 176 Å². The molecule has 3 rings (SSSR count). The van der Waals surface area contributed by atoms with Crippen molar-refractivity contribution < 1.29 is 19.1 Å². The number of hydrogen-bond acceptors (Lipinski definition) is 4. The summed E-state index contributed by atoms with van der Waals surface area (Å²) < 4.78 is 12.8. The lowest BCUT2D eigenvalue weighted by Gasteiger charge is -2.10. The molecule has 2 aromatic carbocycles. The molecular formula is C24H28N2O4. The Morgan fingerprint density at radius 1 is 1.03 bits per heavy atom. The maximum Gasteiger partial charge on any atom is 0.338 e. The Balaban J connectivity index is 1.86. The van der Waals surface area contributed by atoms with Crippen molar-refractivity contribution in [1.82, 2.24) is 4.57 Å². The molecule has 0 saturated heterocycles. The average molecular weight is 408 g/mol. The van der Waals surface area contributed by atoms with Crippen LogP contribution in [-0.4, -0.2) is 29.7 Å². The zero-order chi connectivity index (χ0) is 21.7. The second-order valence-corrected chi connectivity index (χ2v) is 7.00. The normalized spacial score (nSPS) is 10.8. The van der Waals surface area contributed by atoms with Crippen LogP contribution in [0.25, 0.3) is 10.9 Å². The van der Waals surface area contributed by atoms with E-state index in [1.54, 1.807) is 24.3 Å². The molecule has 3 aromatic rings. The van der Waals surface area contributed by atoms with E-state index < -0.39 is 0 Å². The second-order valence-electron chi connectivity index (χ2n) is 7.00. The van der Waals surface area contributed by atoms with Gasteiger partial charge in [-0.05, 0) is 75.2 Å². The molecular weight excluding hydrogens is 380 g/mol. The number of benzene rings is 2. The van der Waals surface area contributed by atoms with Crippen molar-refractivity contribution in [2.24, 2.45) is 0 Å². The standard InChI is InChI=1S/C24H28N2O4/c1-5-14-30-24(28)17-8-10-18(11-9-17)25-23(27)22-16(4)20-15-19(29-7-3)12-13-21(20)26(22)6-2/h8-13,15H,5-7,14H2,1-4H3,(H,25,27). The van der Waals surface area contributed by atoms with Gasteiger partial charge < -0.3 is 19.4 Å². The van der Waals surface area contributed by atoms with Crippen molar-refractivity contribution in [3.8, 4) is 5.75 Å². The minimum absolute atomic E-state index is 0.190. The molecule has 6 heteroatoms. The van der Waals surface area contributed by atoms with E-state index in [9.17, 15) is 9.59 Å². The van der Waals surface area contributed by atoms with Gasteiger partial charge in [-0.25, -0.2) is 4.79 Å². The van der Waals surface area contributed by atoms with E-state index in [1.165, 1.54) is 0 Å². The molecule has 0 saturated carbocycles. The monoisotopic (exact) mass is 408 g/mol. The first-order valence-corrected chi connectivity index (χ1v) is 10.3. The molecule has 1 amide bonds. The number of aryl methyl sites for hydroxylation is 2. The Hall–Kier alpha value is -3.28. The Kier molecular flexibility index (Phi) is 6.77. The summed E-state index contributed by atoms with van der Waals surface area (Å²) in [6, 6.07) is 12.6. The molecule has 158 valence electrons. The fourth-order valence-corrected chi connectivity index (χ4v) is 3.54. The van der Waals surface area contributed by atoms with Gasteiger partial charge in [0.2, 0.25) is 0 Å². The number of carbonyl (C=O) groups excluding carboxylic acids is 2. The number of nitrogens with one attached hydrogen (secondary N) is 1. The molecule has 0 spiro atoms. The number of hydrogen-bond donors (Lipinski definition) is 1. The van der Waals surface area contributed by atoms with Crippen LogP contribution in [0, 0.1) is 6.92 Å². The summed E-state index contributed by atoms with van der Waals surface area (Å²) in [6.45, 7) is 9.51. The van der Waals surface area contributed by atoms with E-state index in [2.05, 4.69) is 5.32 Å². The largest absolute Gasteiger partial charge is 0.494 e. The predicted octanol–water partition coefficient (Wildman–Crippen LogP) is 5.19. The van der Waals surface area contributed by atoms with Crippen molar-refractivity contribution in [2.75, 3.05) is 18.5 Å². The summed E-state index contributed by atoms with van der Waals surface area (Å²) >= 11 is 0. The van der Waals surface area contributed by atoms with E-state index >= 15 is 0 Å². The fourth-order valence-electron chi connectivity index (χ4n) is 3.54. The van der Waals surface area contributed by atoms with Crippen molar-refractivity contribution in [3.63, 3.8) is 0 Å². The van der Waals surface area contributed by atoms with Gasteiger partial charge in [0.1, 0.15) is 11.4 Å². The van der Waals surface area contributed by atoms with Crippen LogP contribution in [0.3, 0.4) is 0 Å². The van der Waals surface area contributed by atoms with Crippen LogP contribution in [0.4, 0.5) is 5.69 Å². The highest BCUT2D eigenvalue weighted by atomic mass is 16.5. The molecule has 1 N–H and O–H groups in total. The first-order valence-electron chi connectivity index (χ1n) is 10.3. The zero-order valence-electron chi connectivity index (χ0n) is 18.0. The molecule has 1 aromatic heterocycles. The highest BCUT2D eigenvalue weighted by Gasteiger charge is 2.20. The van der Waals surface area contributed by atoms with Gasteiger partial charge in [-0.15, -0.1) is 0 Å². The van der Waals surface area contributed by atoms with Gasteiger partial charge in [-0.2, -0.15) is 0 Å². The van der Waals surface area contributed by atoms with Crippen molar-refractivity contribution in [1.29, 1.82) is 0 Å².